The van der Waals surface area contributed by atoms with Crippen LogP contribution in [0, 0.1) is 20.8 Å². The Morgan fingerprint density at radius 2 is 1.50 bits per heavy atom. The van der Waals surface area contributed by atoms with Crippen molar-refractivity contribution in [1.29, 1.82) is 0 Å². The molecular formula is C29H41N3O4. The molecule has 2 rings (SSSR count). The number of amides is 3. The number of aryl methyl sites for hydroxylation is 3. The molecule has 2 aromatic rings. The van der Waals surface area contributed by atoms with E-state index in [0.29, 0.717) is 12.0 Å². The molecule has 196 valence electrons. The highest BCUT2D eigenvalue weighted by atomic mass is 16.6. The summed E-state index contributed by atoms with van der Waals surface area (Å²) in [4.78, 5) is 41.6. The summed E-state index contributed by atoms with van der Waals surface area (Å²) in [6, 6.07) is 11.4. The monoisotopic (exact) mass is 495 g/mol. The maximum absolute atomic E-state index is 13.9. The van der Waals surface area contributed by atoms with Crippen LogP contribution in [0.15, 0.2) is 42.5 Å². The summed E-state index contributed by atoms with van der Waals surface area (Å²) in [6.45, 7) is 16.6. The van der Waals surface area contributed by atoms with Crippen LogP contribution in [0.3, 0.4) is 0 Å². The summed E-state index contributed by atoms with van der Waals surface area (Å²) < 4.78 is 5.34. The van der Waals surface area contributed by atoms with Gasteiger partial charge < -0.3 is 20.3 Å². The quantitative estimate of drug-likeness (QED) is 0.482. The lowest BCUT2D eigenvalue weighted by atomic mass is 9.98. The minimum Gasteiger partial charge on any atom is -0.444 e. The number of hydrogen-bond acceptors (Lipinski definition) is 4. The van der Waals surface area contributed by atoms with E-state index in [1.54, 1.807) is 32.6 Å². The van der Waals surface area contributed by atoms with E-state index in [1.807, 2.05) is 77.1 Å². The number of nitrogens with one attached hydrogen (secondary N) is 2. The predicted octanol–water partition coefficient (Wildman–Crippen LogP) is 5.83. The Morgan fingerprint density at radius 3 is 2.00 bits per heavy atom. The van der Waals surface area contributed by atoms with Crippen molar-refractivity contribution in [3.63, 3.8) is 0 Å². The van der Waals surface area contributed by atoms with Crippen molar-refractivity contribution in [3.8, 4) is 0 Å². The molecule has 0 aliphatic rings. The van der Waals surface area contributed by atoms with Gasteiger partial charge in [-0.25, -0.2) is 4.79 Å². The first-order valence-corrected chi connectivity index (χ1v) is 12.5. The Kier molecular flexibility index (Phi) is 9.68. The predicted molar refractivity (Wildman–Crippen MR) is 144 cm³/mol. The molecule has 0 fully saturated rings. The Labute approximate surface area is 215 Å². The second-order valence-corrected chi connectivity index (χ2v) is 10.4. The lowest BCUT2D eigenvalue weighted by Gasteiger charge is -2.37. The van der Waals surface area contributed by atoms with Crippen LogP contribution in [-0.4, -0.2) is 40.5 Å². The molecule has 2 aromatic carbocycles. The topological polar surface area (TPSA) is 87.7 Å². The third kappa shape index (κ3) is 7.57. The van der Waals surface area contributed by atoms with E-state index < -0.39 is 23.8 Å². The van der Waals surface area contributed by atoms with E-state index in [0.717, 1.165) is 22.4 Å². The molecule has 3 atom stereocenters. The van der Waals surface area contributed by atoms with Gasteiger partial charge in [0.1, 0.15) is 17.7 Å². The third-order valence-corrected chi connectivity index (χ3v) is 6.07. The number of rotatable bonds is 8. The summed E-state index contributed by atoms with van der Waals surface area (Å²) in [5.41, 5.74) is 3.66. The van der Waals surface area contributed by atoms with Crippen LogP contribution in [0.1, 0.15) is 76.3 Å². The van der Waals surface area contributed by atoms with E-state index in [4.69, 9.17) is 4.74 Å². The lowest BCUT2D eigenvalue weighted by molar-refractivity contribution is -0.143. The number of carbonyl (C=O) groups excluding carboxylic acids is 3. The van der Waals surface area contributed by atoms with Gasteiger partial charge in [-0.1, -0.05) is 55.0 Å². The SMILES string of the molecule is CCC(C)N(C(=O)C(C)NC(=O)OC(C)(C)C)C(C(=O)Nc1c(C)cccc1C)c1ccc(C)cc1. The van der Waals surface area contributed by atoms with Gasteiger partial charge in [0.2, 0.25) is 5.91 Å². The number of alkyl carbamates (subject to hydrolysis) is 1. The number of hydrogen-bond donors (Lipinski definition) is 2. The number of carbonyl (C=O) groups is 3. The van der Waals surface area contributed by atoms with E-state index in [9.17, 15) is 14.4 Å². The molecule has 0 aromatic heterocycles. The van der Waals surface area contributed by atoms with Gasteiger partial charge in [-0.15, -0.1) is 0 Å². The smallest absolute Gasteiger partial charge is 0.408 e. The fraction of sp³-hybridized carbons (Fsp3) is 0.483. The first kappa shape index (κ1) is 28.9. The van der Waals surface area contributed by atoms with E-state index in [2.05, 4.69) is 10.6 Å². The van der Waals surface area contributed by atoms with Gasteiger partial charge in [0.25, 0.3) is 5.91 Å². The van der Waals surface area contributed by atoms with Crippen LogP contribution >= 0.6 is 0 Å². The van der Waals surface area contributed by atoms with Gasteiger partial charge in [0.15, 0.2) is 0 Å². The zero-order chi connectivity index (χ0) is 27.2. The van der Waals surface area contributed by atoms with E-state index in [1.165, 1.54) is 0 Å². The summed E-state index contributed by atoms with van der Waals surface area (Å²) in [5, 5.41) is 5.71. The highest BCUT2D eigenvalue weighted by Gasteiger charge is 2.37. The van der Waals surface area contributed by atoms with Crippen LogP contribution in [0.25, 0.3) is 0 Å². The minimum absolute atomic E-state index is 0.268. The molecule has 2 N–H and O–H groups in total. The van der Waals surface area contributed by atoms with Gasteiger partial charge in [0.05, 0.1) is 0 Å². The van der Waals surface area contributed by atoms with Crippen LogP contribution in [0.5, 0.6) is 0 Å². The van der Waals surface area contributed by atoms with E-state index >= 15 is 0 Å². The summed E-state index contributed by atoms with van der Waals surface area (Å²) in [5.74, 6) is -0.674. The van der Waals surface area contributed by atoms with E-state index in [-0.39, 0.29) is 17.9 Å². The van der Waals surface area contributed by atoms with Gasteiger partial charge in [-0.3, -0.25) is 9.59 Å². The Hall–Kier alpha value is -3.35. The second kappa shape index (κ2) is 12.1. The molecule has 0 aliphatic heterocycles. The average molecular weight is 496 g/mol. The molecule has 7 nitrogen and oxygen atoms in total. The summed E-state index contributed by atoms with van der Waals surface area (Å²) in [7, 11) is 0. The molecule has 0 saturated carbocycles. The van der Waals surface area contributed by atoms with Crippen LogP contribution < -0.4 is 10.6 Å². The minimum atomic E-state index is -0.894. The molecule has 0 aliphatic carbocycles. The lowest BCUT2D eigenvalue weighted by Crippen LogP contribution is -2.53. The second-order valence-electron chi connectivity index (χ2n) is 10.4. The van der Waals surface area contributed by atoms with Crippen LogP contribution in [0.2, 0.25) is 0 Å². The van der Waals surface area contributed by atoms with Crippen LogP contribution in [-0.2, 0) is 14.3 Å². The summed E-state index contributed by atoms with van der Waals surface area (Å²) in [6.07, 6.45) is -0.0523. The van der Waals surface area contributed by atoms with Crippen molar-refractivity contribution in [2.24, 2.45) is 0 Å². The van der Waals surface area contributed by atoms with Gasteiger partial charge in [-0.05, 0) is 78.5 Å². The maximum Gasteiger partial charge on any atom is 0.408 e. The Balaban J connectivity index is 2.49. The van der Waals surface area contributed by atoms with Crippen molar-refractivity contribution < 1.29 is 19.1 Å². The fourth-order valence-electron chi connectivity index (χ4n) is 3.96. The molecule has 3 unspecified atom stereocenters. The van der Waals surface area contributed by atoms with Crippen molar-refractivity contribution in [1.82, 2.24) is 10.2 Å². The van der Waals surface area contributed by atoms with Gasteiger partial charge >= 0.3 is 6.09 Å². The molecular weight excluding hydrogens is 454 g/mol. The maximum atomic E-state index is 13.9. The molecule has 3 amide bonds. The largest absolute Gasteiger partial charge is 0.444 e. The number of para-hydroxylation sites is 1. The van der Waals surface area contributed by atoms with Crippen molar-refractivity contribution in [2.45, 2.75) is 92.5 Å². The standard InChI is InChI=1S/C29H41N3O4/c1-10-21(5)32(27(34)22(6)30-28(35)36-29(7,8)9)25(23-16-14-18(2)15-17-23)26(33)31-24-19(3)12-11-13-20(24)4/h11-17,21-22,25H,10H2,1-9H3,(H,30,35)(H,31,33). The van der Waals surface area contributed by atoms with Gasteiger partial charge in [-0.2, -0.15) is 0 Å². The molecule has 0 spiro atoms. The number of nitrogens with zero attached hydrogens (tertiary/aromatic N) is 1. The van der Waals surface area contributed by atoms with Crippen molar-refractivity contribution in [2.75, 3.05) is 5.32 Å². The normalized spacial score (nSPS) is 13.8. The number of benzene rings is 2. The van der Waals surface area contributed by atoms with Crippen LogP contribution in [0.4, 0.5) is 10.5 Å². The molecule has 36 heavy (non-hydrogen) atoms. The summed E-state index contributed by atoms with van der Waals surface area (Å²) >= 11 is 0. The Morgan fingerprint density at radius 1 is 0.944 bits per heavy atom. The highest BCUT2D eigenvalue weighted by Crippen LogP contribution is 2.29. The first-order valence-electron chi connectivity index (χ1n) is 12.5. The van der Waals surface area contributed by atoms with Gasteiger partial charge in [0, 0.05) is 11.7 Å². The first-order chi connectivity index (χ1) is 16.7. The highest BCUT2D eigenvalue weighted by molar-refractivity contribution is 6.00. The average Bonchev–Trinajstić information content (AvgIpc) is 2.78. The number of ether oxygens (including phenoxy) is 1. The third-order valence-electron chi connectivity index (χ3n) is 6.07. The molecule has 0 bridgehead atoms. The molecule has 0 saturated heterocycles. The zero-order valence-electron chi connectivity index (χ0n) is 23.1. The molecule has 0 radical (unpaired) electrons. The van der Waals surface area contributed by atoms with Crippen molar-refractivity contribution in [3.05, 3.63) is 64.7 Å². The molecule has 0 heterocycles. The van der Waals surface area contributed by atoms with Crippen molar-refractivity contribution >= 4 is 23.6 Å². The molecule has 7 heteroatoms. The number of anilines is 1. The Bertz CT molecular complexity index is 1050. The fourth-order valence-corrected chi connectivity index (χ4v) is 3.96. The zero-order valence-corrected chi connectivity index (χ0v) is 23.1.